The predicted octanol–water partition coefficient (Wildman–Crippen LogP) is 3.40. The lowest BCUT2D eigenvalue weighted by Gasteiger charge is -2.29. The van der Waals surface area contributed by atoms with Crippen molar-refractivity contribution < 1.29 is 0 Å². The highest BCUT2D eigenvalue weighted by molar-refractivity contribution is 5.44. The van der Waals surface area contributed by atoms with E-state index in [0.717, 1.165) is 11.8 Å². The number of fused-ring (bicyclic) bond motifs is 2. The predicted molar refractivity (Wildman–Crippen MR) is 55.3 cm³/mol. The first-order valence-electron chi connectivity index (χ1n) is 5.20. The van der Waals surface area contributed by atoms with Crippen molar-refractivity contribution in [3.8, 4) is 0 Å². The Labute approximate surface area is 79.3 Å². The van der Waals surface area contributed by atoms with Crippen molar-refractivity contribution in [3.05, 3.63) is 47.6 Å². The Kier molecular flexibility index (Phi) is 1.55. The molecule has 3 aliphatic rings. The van der Waals surface area contributed by atoms with E-state index in [9.17, 15) is 0 Å². The second-order valence-electron chi connectivity index (χ2n) is 4.21. The Morgan fingerprint density at radius 3 is 3.23 bits per heavy atom. The fourth-order valence-corrected chi connectivity index (χ4v) is 2.64. The summed E-state index contributed by atoms with van der Waals surface area (Å²) in [6.45, 7) is 0. The molecule has 0 heteroatoms. The molecule has 3 rings (SSSR count). The lowest BCUT2D eigenvalue weighted by atomic mass is 9.75. The summed E-state index contributed by atoms with van der Waals surface area (Å²) in [6.07, 6.45) is 17.8. The molecule has 0 fully saturated rings. The maximum atomic E-state index is 2.40. The summed E-state index contributed by atoms with van der Waals surface area (Å²) in [6, 6.07) is 0. The highest BCUT2D eigenvalue weighted by Crippen LogP contribution is 2.40. The third-order valence-corrected chi connectivity index (χ3v) is 3.40. The summed E-state index contributed by atoms with van der Waals surface area (Å²) in [4.78, 5) is 0. The standard InChI is InChI=1S/C13H14/c1-2-5-11-9-13-7-3-6-12(13)8-10(11)4-1/h1,3-4,6-8,11,13H,2,5,9H2. The third kappa shape index (κ3) is 1.13. The van der Waals surface area contributed by atoms with E-state index in [2.05, 4.69) is 36.5 Å². The van der Waals surface area contributed by atoms with Crippen LogP contribution in [0.3, 0.4) is 0 Å². The van der Waals surface area contributed by atoms with Gasteiger partial charge in [0, 0.05) is 5.92 Å². The van der Waals surface area contributed by atoms with Crippen LogP contribution in [-0.2, 0) is 0 Å². The summed E-state index contributed by atoms with van der Waals surface area (Å²) in [5.74, 6) is 1.58. The topological polar surface area (TPSA) is 0 Å². The van der Waals surface area contributed by atoms with Gasteiger partial charge in [-0.15, -0.1) is 0 Å². The second-order valence-corrected chi connectivity index (χ2v) is 4.21. The van der Waals surface area contributed by atoms with E-state index in [-0.39, 0.29) is 0 Å². The van der Waals surface area contributed by atoms with Crippen LogP contribution < -0.4 is 0 Å². The molecule has 0 aromatic carbocycles. The highest BCUT2D eigenvalue weighted by Gasteiger charge is 2.26. The van der Waals surface area contributed by atoms with E-state index in [0.29, 0.717) is 0 Å². The Morgan fingerprint density at radius 2 is 2.23 bits per heavy atom. The zero-order valence-corrected chi connectivity index (χ0v) is 7.74. The van der Waals surface area contributed by atoms with Crippen LogP contribution in [0.4, 0.5) is 0 Å². The van der Waals surface area contributed by atoms with Gasteiger partial charge in [-0.2, -0.15) is 0 Å². The largest absolute Gasteiger partial charge is 0.0842 e. The minimum Gasteiger partial charge on any atom is -0.0842 e. The van der Waals surface area contributed by atoms with Crippen LogP contribution in [0, 0.1) is 11.8 Å². The SMILES string of the molecule is C1=CC2CC3CCC=CC3=CC2=C1. The van der Waals surface area contributed by atoms with Crippen LogP contribution in [-0.4, -0.2) is 0 Å². The molecule has 0 N–H and O–H groups in total. The van der Waals surface area contributed by atoms with Crippen LogP contribution >= 0.6 is 0 Å². The molecule has 0 saturated heterocycles. The van der Waals surface area contributed by atoms with Gasteiger partial charge in [0.05, 0.1) is 0 Å². The minimum absolute atomic E-state index is 0.736. The molecule has 0 radical (unpaired) electrons. The van der Waals surface area contributed by atoms with Crippen LogP contribution in [0.15, 0.2) is 47.6 Å². The van der Waals surface area contributed by atoms with Gasteiger partial charge in [0.15, 0.2) is 0 Å². The lowest BCUT2D eigenvalue weighted by Crippen LogP contribution is -2.16. The van der Waals surface area contributed by atoms with E-state index in [1.807, 2.05) is 0 Å². The van der Waals surface area contributed by atoms with Crippen LogP contribution in [0.2, 0.25) is 0 Å². The zero-order chi connectivity index (χ0) is 8.67. The molecule has 0 saturated carbocycles. The van der Waals surface area contributed by atoms with Gasteiger partial charge >= 0.3 is 0 Å². The van der Waals surface area contributed by atoms with Gasteiger partial charge in [0.25, 0.3) is 0 Å². The van der Waals surface area contributed by atoms with E-state index in [4.69, 9.17) is 0 Å². The molecular formula is C13H14. The number of allylic oxidation sites excluding steroid dienone is 8. The average Bonchev–Trinajstić information content (AvgIpc) is 2.61. The molecule has 0 amide bonds. The van der Waals surface area contributed by atoms with Crippen molar-refractivity contribution in [3.63, 3.8) is 0 Å². The van der Waals surface area contributed by atoms with Gasteiger partial charge < -0.3 is 0 Å². The summed E-state index contributed by atoms with van der Waals surface area (Å²) < 4.78 is 0. The van der Waals surface area contributed by atoms with Gasteiger partial charge in [-0.1, -0.05) is 36.5 Å². The maximum Gasteiger partial charge on any atom is 0.00270 e. The maximum absolute atomic E-state index is 2.40. The van der Waals surface area contributed by atoms with Crippen molar-refractivity contribution in [1.82, 2.24) is 0 Å². The fraction of sp³-hybridized carbons (Fsp3) is 0.385. The van der Waals surface area contributed by atoms with E-state index in [1.165, 1.54) is 24.8 Å². The molecule has 0 aromatic rings. The molecule has 2 atom stereocenters. The highest BCUT2D eigenvalue weighted by atomic mass is 14.3. The molecule has 66 valence electrons. The molecule has 0 bridgehead atoms. The van der Waals surface area contributed by atoms with Crippen molar-refractivity contribution in [2.24, 2.45) is 11.8 Å². The molecule has 3 aliphatic carbocycles. The van der Waals surface area contributed by atoms with E-state index in [1.54, 1.807) is 5.57 Å². The third-order valence-electron chi connectivity index (χ3n) is 3.40. The molecule has 0 spiro atoms. The molecule has 0 aliphatic heterocycles. The summed E-state index contributed by atoms with van der Waals surface area (Å²) in [5.41, 5.74) is 3.09. The van der Waals surface area contributed by atoms with E-state index < -0.39 is 0 Å². The Hall–Kier alpha value is -1.04. The monoisotopic (exact) mass is 170 g/mol. The van der Waals surface area contributed by atoms with Gasteiger partial charge in [-0.05, 0) is 36.3 Å². The van der Waals surface area contributed by atoms with Crippen LogP contribution in [0.5, 0.6) is 0 Å². The number of hydrogen-bond acceptors (Lipinski definition) is 0. The summed E-state index contributed by atoms with van der Waals surface area (Å²) >= 11 is 0. The first kappa shape index (κ1) is 7.37. The molecule has 13 heavy (non-hydrogen) atoms. The Balaban J connectivity index is 2.00. The normalized spacial score (nSPS) is 35.1. The van der Waals surface area contributed by atoms with Crippen molar-refractivity contribution in [2.75, 3.05) is 0 Å². The molecule has 0 aromatic heterocycles. The van der Waals surface area contributed by atoms with Crippen molar-refractivity contribution >= 4 is 0 Å². The van der Waals surface area contributed by atoms with Crippen LogP contribution in [0.25, 0.3) is 0 Å². The molecular weight excluding hydrogens is 156 g/mol. The number of rotatable bonds is 0. The minimum atomic E-state index is 0.736. The molecule has 2 unspecified atom stereocenters. The first-order chi connectivity index (χ1) is 6.43. The van der Waals surface area contributed by atoms with Crippen LogP contribution in [0.1, 0.15) is 19.3 Å². The Morgan fingerprint density at radius 1 is 1.23 bits per heavy atom. The first-order valence-corrected chi connectivity index (χ1v) is 5.20. The smallest absolute Gasteiger partial charge is 0.00270 e. The van der Waals surface area contributed by atoms with Crippen molar-refractivity contribution in [1.29, 1.82) is 0 Å². The lowest BCUT2D eigenvalue weighted by molar-refractivity contribution is 0.463. The average molecular weight is 170 g/mol. The van der Waals surface area contributed by atoms with Crippen molar-refractivity contribution in [2.45, 2.75) is 19.3 Å². The number of hydrogen-bond donors (Lipinski definition) is 0. The summed E-state index contributed by atoms with van der Waals surface area (Å²) in [7, 11) is 0. The van der Waals surface area contributed by atoms with Gasteiger partial charge in [-0.3, -0.25) is 0 Å². The zero-order valence-electron chi connectivity index (χ0n) is 7.74. The summed E-state index contributed by atoms with van der Waals surface area (Å²) in [5, 5.41) is 0. The second kappa shape index (κ2) is 2.73. The molecule has 0 nitrogen and oxygen atoms in total. The Bertz CT molecular complexity index is 339. The van der Waals surface area contributed by atoms with Gasteiger partial charge in [0.1, 0.15) is 0 Å². The van der Waals surface area contributed by atoms with Gasteiger partial charge in [0.2, 0.25) is 0 Å². The van der Waals surface area contributed by atoms with Gasteiger partial charge in [-0.25, -0.2) is 0 Å². The fourth-order valence-electron chi connectivity index (χ4n) is 2.64. The molecule has 0 heterocycles. The quantitative estimate of drug-likeness (QED) is 0.522. The van der Waals surface area contributed by atoms with E-state index >= 15 is 0 Å².